The highest BCUT2D eigenvalue weighted by molar-refractivity contribution is 7.86. The summed E-state index contributed by atoms with van der Waals surface area (Å²) in [4.78, 5) is 0. The number of aryl methyl sites for hydroxylation is 2. The van der Waals surface area contributed by atoms with E-state index in [0.717, 1.165) is 55.1 Å². The van der Waals surface area contributed by atoms with Gasteiger partial charge in [-0.15, -0.1) is 0 Å². The number of hydrogen-bond acceptors (Lipinski definition) is 3. The van der Waals surface area contributed by atoms with Crippen molar-refractivity contribution in [3.05, 3.63) is 97.1 Å². The summed E-state index contributed by atoms with van der Waals surface area (Å²) in [6.07, 6.45) is 0. The Morgan fingerprint density at radius 3 is 1.05 bits per heavy atom. The molecule has 0 unspecified atom stereocenters. The van der Waals surface area contributed by atoms with E-state index >= 15 is 0 Å². The zero-order valence-electron chi connectivity index (χ0n) is 20.8. The van der Waals surface area contributed by atoms with Crippen LogP contribution in [0.5, 0.6) is 11.5 Å². The Morgan fingerprint density at radius 1 is 0.590 bits per heavy atom. The van der Waals surface area contributed by atoms with Crippen LogP contribution in [0.15, 0.2) is 97.1 Å². The maximum atomic E-state index is 10.7. The lowest BCUT2D eigenvalue weighted by Gasteiger charge is -2.14. The molecule has 198 valence electrons. The fraction of sp³-hybridized carbons (Fsp3) is 0.103. The molecule has 0 aliphatic rings. The van der Waals surface area contributed by atoms with Crippen LogP contribution >= 0.6 is 0 Å². The van der Waals surface area contributed by atoms with Gasteiger partial charge in [0.1, 0.15) is 14.1 Å². The van der Waals surface area contributed by atoms with Gasteiger partial charge in [0, 0.05) is 24.3 Å². The smallest absolute Gasteiger partial charge is 0.454 e. The third kappa shape index (κ3) is 4.73. The molecule has 6 nitrogen and oxygen atoms in total. The predicted octanol–water partition coefficient (Wildman–Crippen LogP) is 6.13. The van der Waals surface area contributed by atoms with Crippen LogP contribution in [0.4, 0.5) is 13.2 Å². The molecule has 0 aliphatic carbocycles. The molecule has 1 N–H and O–H groups in total. The molecule has 0 bridgehead atoms. The van der Waals surface area contributed by atoms with Gasteiger partial charge in [0.25, 0.3) is 0 Å². The van der Waals surface area contributed by atoms with Crippen LogP contribution in [0.3, 0.4) is 0 Å². The van der Waals surface area contributed by atoms with Crippen LogP contribution in [0.25, 0.3) is 43.6 Å². The molecule has 0 saturated carbocycles. The van der Waals surface area contributed by atoms with Crippen LogP contribution in [-0.2, 0) is 24.2 Å². The van der Waals surface area contributed by atoms with Crippen molar-refractivity contribution in [2.24, 2.45) is 14.1 Å². The molecule has 0 radical (unpaired) electrons. The van der Waals surface area contributed by atoms with E-state index in [1.165, 1.54) is 0 Å². The molecule has 0 aliphatic heterocycles. The second-order valence-corrected chi connectivity index (χ2v) is 10.3. The van der Waals surface area contributed by atoms with Crippen molar-refractivity contribution in [3.8, 4) is 11.5 Å². The molecule has 6 rings (SSSR count). The molecule has 0 spiro atoms. The maximum Gasteiger partial charge on any atom is 0.522 e. The van der Waals surface area contributed by atoms with E-state index in [4.69, 9.17) is 17.7 Å². The second kappa shape index (κ2) is 9.79. The lowest BCUT2D eigenvalue weighted by atomic mass is 10.1. The first-order valence-corrected chi connectivity index (χ1v) is 13.2. The lowest BCUT2D eigenvalue weighted by Crippen LogP contribution is -2.30. The summed E-state index contributed by atoms with van der Waals surface area (Å²) in [6, 6.07) is 33.8. The third-order valence-electron chi connectivity index (χ3n) is 6.54. The zero-order valence-corrected chi connectivity index (χ0v) is 21.7. The molecule has 39 heavy (non-hydrogen) atoms. The quantitative estimate of drug-likeness (QED) is 0.121. The summed E-state index contributed by atoms with van der Waals surface area (Å²) in [5.74, 6) is 1.79. The first kappa shape index (κ1) is 26.3. The van der Waals surface area contributed by atoms with Crippen molar-refractivity contribution >= 4 is 53.7 Å². The van der Waals surface area contributed by atoms with Crippen LogP contribution in [0.2, 0.25) is 0 Å². The molecular weight excluding hydrogens is 529 g/mol. The minimum atomic E-state index is -5.84. The van der Waals surface area contributed by atoms with Crippen molar-refractivity contribution in [1.29, 1.82) is 0 Å². The fourth-order valence-corrected chi connectivity index (χ4v) is 4.70. The van der Waals surface area contributed by atoms with Crippen molar-refractivity contribution < 1.29 is 40.0 Å². The number of hydrogen-bond donors (Lipinski definition) is 1. The summed E-state index contributed by atoms with van der Waals surface area (Å²) in [5, 5.41) is 4.41. The van der Waals surface area contributed by atoms with Crippen LogP contribution in [-0.4, -0.2) is 18.5 Å². The highest BCUT2D eigenvalue weighted by Gasteiger charge is 2.44. The monoisotopic (exact) mass is 552 g/mol. The summed E-state index contributed by atoms with van der Waals surface area (Å²) in [5.41, 5.74) is -0.956. The number of aromatic nitrogens is 2. The van der Waals surface area contributed by atoms with Gasteiger partial charge in [-0.1, -0.05) is 48.5 Å². The number of para-hydroxylation sites is 4. The Kier molecular flexibility index (Phi) is 6.61. The summed E-state index contributed by atoms with van der Waals surface area (Å²) in [7, 11) is -1.61. The number of halogens is 3. The van der Waals surface area contributed by atoms with Gasteiger partial charge in [-0.05, 0) is 24.3 Å². The number of nitrogens with zero attached hydrogens (tertiary/aromatic N) is 2. The van der Waals surface area contributed by atoms with Crippen molar-refractivity contribution in [2.75, 3.05) is 0 Å². The Bertz CT molecular complexity index is 1750. The van der Waals surface area contributed by atoms with E-state index in [-0.39, 0.29) is 0 Å². The summed E-state index contributed by atoms with van der Waals surface area (Å²) < 4.78 is 68.9. The molecule has 0 atom stereocenters. The molecule has 2 heterocycles. The number of alkyl halides is 3. The number of pyridine rings is 2. The Labute approximate surface area is 221 Å². The summed E-state index contributed by atoms with van der Waals surface area (Å²) in [6.45, 7) is 0. The molecule has 2 aromatic heterocycles. The second-order valence-electron chi connectivity index (χ2n) is 8.87. The van der Waals surface area contributed by atoms with Gasteiger partial charge in [-0.2, -0.15) is 30.7 Å². The Hall–Kier alpha value is -4.28. The molecule has 4 aromatic carbocycles. The predicted molar refractivity (Wildman–Crippen MR) is 143 cm³/mol. The summed E-state index contributed by atoms with van der Waals surface area (Å²) >= 11 is 0. The third-order valence-corrected chi connectivity index (χ3v) is 7.12. The Balaban J connectivity index is 0.000000339. The Morgan fingerprint density at radius 2 is 0.821 bits per heavy atom. The maximum absolute atomic E-state index is 10.7. The SMILES string of the molecule is C[n+]1c2ccccc2c(Oc2c3ccccc3[n+](C)c3ccccc23)c2ccccc21.O=S(=O)(O)C(F)(F)F. The van der Waals surface area contributed by atoms with E-state index in [1.54, 1.807) is 0 Å². The molecular formula is C29H23F3N2O4S+2. The number of fused-ring (bicyclic) bond motifs is 4. The van der Waals surface area contributed by atoms with Gasteiger partial charge in [0.2, 0.25) is 22.1 Å². The minimum absolute atomic E-state index is 0.897. The first-order chi connectivity index (χ1) is 18.5. The average Bonchev–Trinajstić information content (AvgIpc) is 2.92. The van der Waals surface area contributed by atoms with E-state index in [0.29, 0.717) is 0 Å². The lowest BCUT2D eigenvalue weighted by molar-refractivity contribution is -0.617. The zero-order chi connectivity index (χ0) is 27.9. The van der Waals surface area contributed by atoms with E-state index in [2.05, 4.69) is 120 Å². The van der Waals surface area contributed by atoms with Gasteiger partial charge in [-0.3, -0.25) is 4.55 Å². The van der Waals surface area contributed by atoms with Gasteiger partial charge in [-0.25, -0.2) is 0 Å². The molecule has 0 amide bonds. The molecule has 10 heteroatoms. The minimum Gasteiger partial charge on any atom is -0.454 e. The van der Waals surface area contributed by atoms with E-state index in [1.807, 2.05) is 0 Å². The van der Waals surface area contributed by atoms with Crippen molar-refractivity contribution in [1.82, 2.24) is 0 Å². The van der Waals surface area contributed by atoms with Crippen molar-refractivity contribution in [2.45, 2.75) is 5.51 Å². The van der Waals surface area contributed by atoms with E-state index in [9.17, 15) is 13.2 Å². The van der Waals surface area contributed by atoms with Crippen LogP contribution in [0, 0.1) is 0 Å². The van der Waals surface area contributed by atoms with Crippen LogP contribution < -0.4 is 13.9 Å². The average molecular weight is 553 g/mol. The number of ether oxygens (including phenoxy) is 1. The number of benzene rings is 4. The van der Waals surface area contributed by atoms with Gasteiger partial charge in [0.15, 0.2) is 11.5 Å². The molecule has 0 fully saturated rings. The van der Waals surface area contributed by atoms with Crippen molar-refractivity contribution in [3.63, 3.8) is 0 Å². The first-order valence-electron chi connectivity index (χ1n) is 11.8. The van der Waals surface area contributed by atoms with Gasteiger partial charge < -0.3 is 4.74 Å². The highest BCUT2D eigenvalue weighted by Crippen LogP contribution is 2.40. The highest BCUT2D eigenvalue weighted by atomic mass is 32.2. The number of rotatable bonds is 2. The van der Waals surface area contributed by atoms with Gasteiger partial charge >= 0.3 is 15.6 Å². The van der Waals surface area contributed by atoms with Gasteiger partial charge in [0.05, 0.1) is 21.5 Å². The van der Waals surface area contributed by atoms with Crippen LogP contribution in [0.1, 0.15) is 0 Å². The topological polar surface area (TPSA) is 71.4 Å². The molecule has 6 aromatic rings. The molecule has 0 saturated heterocycles. The van der Waals surface area contributed by atoms with E-state index < -0.39 is 15.6 Å². The largest absolute Gasteiger partial charge is 0.522 e. The normalized spacial score (nSPS) is 12.1. The fourth-order valence-electron chi connectivity index (χ4n) is 4.70. The standard InChI is InChI=1S/C28H22N2O.CHF3O3S/c1-29-23-15-7-3-11-19(23)27(20-12-4-8-16-24(20)29)31-28-21-13-5-9-17-25(21)30(2)26-18-10-6-14-22(26)28;2-1(3,4)8(5,6)7/h3-18H,1-2H3;(H,5,6,7)/q+2;.